The lowest BCUT2D eigenvalue weighted by molar-refractivity contribution is 0.0664. The summed E-state index contributed by atoms with van der Waals surface area (Å²) in [4.78, 5) is 39.6. The number of benzene rings is 3. The van der Waals surface area contributed by atoms with Crippen LogP contribution in [-0.4, -0.2) is 34.9 Å². The molecule has 0 radical (unpaired) electrons. The smallest absolute Gasteiger partial charge is 0.261 e. The van der Waals surface area contributed by atoms with Crippen LogP contribution in [-0.2, 0) is 0 Å². The van der Waals surface area contributed by atoms with E-state index in [1.165, 1.54) is 16.7 Å². The first-order valence-corrected chi connectivity index (χ1v) is 10.6. The van der Waals surface area contributed by atoms with E-state index in [0.29, 0.717) is 34.7 Å². The van der Waals surface area contributed by atoms with Crippen LogP contribution in [0, 0.1) is 6.92 Å². The molecular formula is C24H20N2O3S. The Morgan fingerprint density at radius 1 is 0.900 bits per heavy atom. The molecule has 0 aromatic heterocycles. The van der Waals surface area contributed by atoms with Gasteiger partial charge in [0.25, 0.3) is 17.7 Å². The number of nitrogens with zero attached hydrogens (tertiary/aromatic N) is 1. The summed E-state index contributed by atoms with van der Waals surface area (Å²) in [7, 11) is 0. The van der Waals surface area contributed by atoms with E-state index in [1.807, 2.05) is 49.4 Å². The third kappa shape index (κ3) is 4.00. The topological polar surface area (TPSA) is 66.5 Å². The zero-order valence-corrected chi connectivity index (χ0v) is 17.2. The van der Waals surface area contributed by atoms with Gasteiger partial charge in [-0.2, -0.15) is 0 Å². The second-order valence-electron chi connectivity index (χ2n) is 6.95. The minimum Gasteiger partial charge on any atom is -0.322 e. The van der Waals surface area contributed by atoms with Gasteiger partial charge in [-0.25, -0.2) is 0 Å². The van der Waals surface area contributed by atoms with Crippen molar-refractivity contribution in [2.45, 2.75) is 11.8 Å². The molecule has 1 heterocycles. The first kappa shape index (κ1) is 19.9. The molecule has 3 aromatic carbocycles. The Morgan fingerprint density at radius 3 is 2.27 bits per heavy atom. The monoisotopic (exact) mass is 416 g/mol. The highest BCUT2D eigenvalue weighted by atomic mass is 32.2. The number of anilines is 1. The summed E-state index contributed by atoms with van der Waals surface area (Å²) in [6.07, 6.45) is 0. The van der Waals surface area contributed by atoms with E-state index in [9.17, 15) is 14.4 Å². The molecule has 0 saturated heterocycles. The first-order chi connectivity index (χ1) is 14.5. The molecule has 1 N–H and O–H groups in total. The van der Waals surface area contributed by atoms with Gasteiger partial charge in [0, 0.05) is 28.4 Å². The average molecular weight is 417 g/mol. The fourth-order valence-electron chi connectivity index (χ4n) is 3.39. The van der Waals surface area contributed by atoms with Crippen molar-refractivity contribution >= 4 is 35.2 Å². The molecule has 1 aliphatic rings. The van der Waals surface area contributed by atoms with Gasteiger partial charge in [-0.15, -0.1) is 11.8 Å². The summed E-state index contributed by atoms with van der Waals surface area (Å²) >= 11 is 1.53. The number of hydrogen-bond donors (Lipinski definition) is 1. The predicted molar refractivity (Wildman–Crippen MR) is 118 cm³/mol. The van der Waals surface area contributed by atoms with E-state index >= 15 is 0 Å². The lowest BCUT2D eigenvalue weighted by Gasteiger charge is -2.13. The Hall–Kier alpha value is -3.38. The number of imide groups is 1. The van der Waals surface area contributed by atoms with Gasteiger partial charge in [0.15, 0.2) is 0 Å². The lowest BCUT2D eigenvalue weighted by Crippen LogP contribution is -2.31. The van der Waals surface area contributed by atoms with E-state index in [4.69, 9.17) is 0 Å². The fraction of sp³-hybridized carbons (Fsp3) is 0.125. The van der Waals surface area contributed by atoms with Crippen molar-refractivity contribution in [3.05, 3.63) is 95.1 Å². The number of rotatable bonds is 6. The highest BCUT2D eigenvalue weighted by Gasteiger charge is 2.34. The highest BCUT2D eigenvalue weighted by Crippen LogP contribution is 2.25. The number of carbonyl (C=O) groups is 3. The zero-order valence-electron chi connectivity index (χ0n) is 16.4. The van der Waals surface area contributed by atoms with Gasteiger partial charge >= 0.3 is 0 Å². The van der Waals surface area contributed by atoms with Crippen molar-refractivity contribution in [2.75, 3.05) is 17.6 Å². The first-order valence-electron chi connectivity index (χ1n) is 9.59. The SMILES string of the molecule is Cc1ccccc1C(=O)Nc1cccc(SCCN2C(=O)c3ccccc3C2=O)c1. The molecule has 6 heteroatoms. The van der Waals surface area contributed by atoms with Crippen LogP contribution in [0.25, 0.3) is 0 Å². The number of fused-ring (bicyclic) bond motifs is 1. The van der Waals surface area contributed by atoms with Crippen LogP contribution in [0.1, 0.15) is 36.6 Å². The molecule has 3 amide bonds. The number of thioether (sulfide) groups is 1. The summed E-state index contributed by atoms with van der Waals surface area (Å²) in [5.41, 5.74) is 3.19. The molecule has 1 aliphatic heterocycles. The second-order valence-corrected chi connectivity index (χ2v) is 8.12. The Balaban J connectivity index is 1.36. The van der Waals surface area contributed by atoms with Gasteiger partial charge in [0.05, 0.1) is 11.1 Å². The molecule has 0 saturated carbocycles. The molecule has 0 aliphatic carbocycles. The van der Waals surface area contributed by atoms with Crippen LogP contribution < -0.4 is 5.32 Å². The Morgan fingerprint density at radius 2 is 1.57 bits per heavy atom. The number of carbonyl (C=O) groups excluding carboxylic acids is 3. The van der Waals surface area contributed by atoms with Gasteiger partial charge in [0.1, 0.15) is 0 Å². The van der Waals surface area contributed by atoms with Crippen LogP contribution in [0.5, 0.6) is 0 Å². The van der Waals surface area contributed by atoms with E-state index < -0.39 is 0 Å². The molecule has 0 bridgehead atoms. The van der Waals surface area contributed by atoms with Gasteiger partial charge in [0.2, 0.25) is 0 Å². The molecule has 0 spiro atoms. The molecule has 0 atom stereocenters. The number of amides is 3. The van der Waals surface area contributed by atoms with Crippen molar-refractivity contribution in [1.29, 1.82) is 0 Å². The maximum Gasteiger partial charge on any atom is 0.261 e. The lowest BCUT2D eigenvalue weighted by atomic mass is 10.1. The molecule has 3 aromatic rings. The fourth-order valence-corrected chi connectivity index (χ4v) is 4.28. The molecule has 150 valence electrons. The summed E-state index contributed by atoms with van der Waals surface area (Å²) in [5, 5.41) is 2.93. The molecule has 0 unspecified atom stereocenters. The largest absolute Gasteiger partial charge is 0.322 e. The minimum absolute atomic E-state index is 0.152. The predicted octanol–water partition coefficient (Wildman–Crippen LogP) is 4.64. The zero-order chi connectivity index (χ0) is 21.1. The van der Waals surface area contributed by atoms with Gasteiger partial charge in [-0.3, -0.25) is 19.3 Å². The number of aryl methyl sites for hydroxylation is 1. The Bertz CT molecular complexity index is 1110. The standard InChI is InChI=1S/C24H20N2O3S/c1-16-7-2-3-10-19(16)22(27)25-17-8-6-9-18(15-17)30-14-13-26-23(28)20-11-4-5-12-21(20)24(26)29/h2-12,15H,13-14H2,1H3,(H,25,27). The van der Waals surface area contributed by atoms with E-state index in [-0.39, 0.29) is 17.7 Å². The minimum atomic E-state index is -0.240. The van der Waals surface area contributed by atoms with E-state index in [2.05, 4.69) is 5.32 Å². The van der Waals surface area contributed by atoms with Gasteiger partial charge in [-0.05, 0) is 48.9 Å². The molecule has 4 rings (SSSR count). The molecular weight excluding hydrogens is 396 g/mol. The molecule has 0 fully saturated rings. The van der Waals surface area contributed by atoms with E-state index in [0.717, 1.165) is 10.5 Å². The van der Waals surface area contributed by atoms with E-state index in [1.54, 1.807) is 30.3 Å². The van der Waals surface area contributed by atoms with Crippen LogP contribution >= 0.6 is 11.8 Å². The van der Waals surface area contributed by atoms with Crippen molar-refractivity contribution in [3.8, 4) is 0 Å². The van der Waals surface area contributed by atoms with Crippen LogP contribution in [0.2, 0.25) is 0 Å². The summed E-state index contributed by atoms with van der Waals surface area (Å²) in [6, 6.07) is 21.9. The highest BCUT2D eigenvalue weighted by molar-refractivity contribution is 7.99. The van der Waals surface area contributed by atoms with Crippen molar-refractivity contribution < 1.29 is 14.4 Å². The van der Waals surface area contributed by atoms with Gasteiger partial charge < -0.3 is 5.32 Å². The summed E-state index contributed by atoms with van der Waals surface area (Å²) in [5.74, 6) is -0.0622. The number of nitrogens with one attached hydrogen (secondary N) is 1. The molecule has 30 heavy (non-hydrogen) atoms. The van der Waals surface area contributed by atoms with Crippen LogP contribution in [0.3, 0.4) is 0 Å². The van der Waals surface area contributed by atoms with Crippen molar-refractivity contribution in [3.63, 3.8) is 0 Å². The third-order valence-electron chi connectivity index (χ3n) is 4.94. The second kappa shape index (κ2) is 8.55. The van der Waals surface area contributed by atoms with Crippen LogP contribution in [0.4, 0.5) is 5.69 Å². The summed E-state index contributed by atoms with van der Waals surface area (Å²) in [6.45, 7) is 2.23. The number of hydrogen-bond acceptors (Lipinski definition) is 4. The average Bonchev–Trinajstić information content (AvgIpc) is 2.99. The quantitative estimate of drug-likeness (QED) is 0.470. The van der Waals surface area contributed by atoms with Crippen LogP contribution in [0.15, 0.2) is 77.7 Å². The maximum absolute atomic E-state index is 12.5. The molecule has 5 nitrogen and oxygen atoms in total. The van der Waals surface area contributed by atoms with Gasteiger partial charge in [-0.1, -0.05) is 36.4 Å². The summed E-state index contributed by atoms with van der Waals surface area (Å²) < 4.78 is 0. The third-order valence-corrected chi connectivity index (χ3v) is 5.92. The Kier molecular flexibility index (Phi) is 5.68. The maximum atomic E-state index is 12.5. The van der Waals surface area contributed by atoms with Crippen molar-refractivity contribution in [2.24, 2.45) is 0 Å². The van der Waals surface area contributed by atoms with Crippen molar-refractivity contribution in [1.82, 2.24) is 4.90 Å². The normalized spacial score (nSPS) is 12.8. The Labute approximate surface area is 179 Å².